The van der Waals surface area contributed by atoms with Crippen LogP contribution in [0.5, 0.6) is 0 Å². The molecule has 0 bridgehead atoms. The van der Waals surface area contributed by atoms with E-state index in [-0.39, 0.29) is 51.5 Å². The van der Waals surface area contributed by atoms with Gasteiger partial charge in [0.05, 0.1) is 50.9 Å². The van der Waals surface area contributed by atoms with Crippen molar-refractivity contribution in [2.45, 2.75) is 144 Å². The summed E-state index contributed by atoms with van der Waals surface area (Å²) in [5, 5.41) is 33.9. The van der Waals surface area contributed by atoms with Gasteiger partial charge in [-0.25, -0.2) is 61.0 Å². The van der Waals surface area contributed by atoms with Crippen molar-refractivity contribution in [1.29, 1.82) is 0 Å². The molecular weight excluding hydrogens is 1580 g/mol. The highest BCUT2D eigenvalue weighted by atomic mass is 35.5. The summed E-state index contributed by atoms with van der Waals surface area (Å²) in [5.41, 5.74) is 6.86. The lowest BCUT2D eigenvalue weighted by molar-refractivity contribution is -0.138. The van der Waals surface area contributed by atoms with Crippen molar-refractivity contribution in [3.63, 3.8) is 0 Å². The Hall–Kier alpha value is -3.64. The second-order valence-electron chi connectivity index (χ2n) is 20.7. The molecule has 582 valence electrons. The SMILES string of the molecule is C.C.CCN(CC)CC.CCN(CC)CC.COC(=O)C(Cl)Cl.CS(=O)(=O)c1ccc([C@@H](O)[C@@H](CF)NC(=O)C(Cl)Cl)cc1.CS(=O)(=O)c1ccc([C@H](O)[C@@H](CF)NC(=O)C(Cl)Cl)cc1.CS(=O)(=O)c1ccc([C@H](O)[C@H](N)CF)cc1.CS(=O)(=O)c1ccc([C@H]2OC(C(Cl)Cl)=N[C@@H]2CF)cc1. The number of alkyl halides is 12. The summed E-state index contributed by atoms with van der Waals surface area (Å²) in [6.45, 7) is 16.6. The van der Waals surface area contributed by atoms with Gasteiger partial charge in [0.15, 0.2) is 60.0 Å². The maximum atomic E-state index is 13.0. The molecule has 8 atom stereocenters. The number of ether oxygens (including phenoxy) is 2. The topological polar surface area (TPSA) is 336 Å². The molecule has 38 heteroatoms. The molecule has 2 amide bonds. The first-order chi connectivity index (χ1) is 45.9. The van der Waals surface area contributed by atoms with Crippen molar-refractivity contribution in [2.75, 3.05) is 98.1 Å². The highest BCUT2D eigenvalue weighted by molar-refractivity contribution is 7.91. The smallest absolute Gasteiger partial charge is 0.339 e. The lowest BCUT2D eigenvalue weighted by Crippen LogP contribution is -2.43. The van der Waals surface area contributed by atoms with Gasteiger partial charge in [0.2, 0.25) is 10.7 Å². The summed E-state index contributed by atoms with van der Waals surface area (Å²) in [6, 6.07) is 17.9. The molecule has 1 heterocycles. The highest BCUT2D eigenvalue weighted by Crippen LogP contribution is 2.33. The van der Waals surface area contributed by atoms with Crippen molar-refractivity contribution in [3.8, 4) is 0 Å². The summed E-state index contributed by atoms with van der Waals surface area (Å²) in [4.78, 5) is 37.1. The first-order valence-electron chi connectivity index (χ1n) is 29.6. The van der Waals surface area contributed by atoms with Gasteiger partial charge in [-0.3, -0.25) is 9.59 Å². The van der Waals surface area contributed by atoms with E-state index in [1.807, 2.05) is 0 Å². The van der Waals surface area contributed by atoms with E-state index in [4.69, 9.17) is 103 Å². The van der Waals surface area contributed by atoms with Gasteiger partial charge in [-0.1, -0.05) is 198 Å². The predicted octanol–water partition coefficient (Wildman–Crippen LogP) is 10.8. The van der Waals surface area contributed by atoms with Crippen LogP contribution in [0.2, 0.25) is 0 Å². The second kappa shape index (κ2) is 52.4. The molecule has 0 spiro atoms. The van der Waals surface area contributed by atoms with Gasteiger partial charge in [-0.15, -0.1) is 0 Å². The zero-order chi connectivity index (χ0) is 76.9. The van der Waals surface area contributed by atoms with Crippen LogP contribution in [0.15, 0.2) is 122 Å². The highest BCUT2D eigenvalue weighted by Gasteiger charge is 2.35. The number of aliphatic imine (C=N–C) groups is 1. The summed E-state index contributed by atoms with van der Waals surface area (Å²) in [6.07, 6.45) is -0.202. The van der Waals surface area contributed by atoms with Crippen LogP contribution < -0.4 is 16.4 Å². The Morgan fingerprint density at radius 1 is 0.505 bits per heavy atom. The van der Waals surface area contributed by atoms with Crippen LogP contribution in [0, 0.1) is 0 Å². The molecular formula is C63H96Cl8F4N6O16S4. The fraction of sp³-hybridized carbons (Fsp3) is 0.556. The third kappa shape index (κ3) is 40.1. The molecule has 101 heavy (non-hydrogen) atoms. The van der Waals surface area contributed by atoms with Crippen LogP contribution in [-0.2, 0) is 63.2 Å². The average molecular weight is 1680 g/mol. The fourth-order valence-corrected chi connectivity index (χ4v) is 10.9. The number of carbonyl (C=O) groups is 3. The van der Waals surface area contributed by atoms with E-state index >= 15 is 0 Å². The van der Waals surface area contributed by atoms with Crippen LogP contribution in [0.3, 0.4) is 0 Å². The van der Waals surface area contributed by atoms with Crippen LogP contribution >= 0.6 is 92.8 Å². The molecule has 22 nitrogen and oxygen atoms in total. The van der Waals surface area contributed by atoms with Crippen molar-refractivity contribution in [2.24, 2.45) is 10.7 Å². The predicted molar refractivity (Wildman–Crippen MR) is 398 cm³/mol. The number of carbonyl (C=O) groups excluding carboxylic acids is 3. The van der Waals surface area contributed by atoms with Crippen LogP contribution in [0.25, 0.3) is 0 Å². The number of methoxy groups -OCH3 is 1. The van der Waals surface area contributed by atoms with Gasteiger partial charge in [-0.05, 0) is 110 Å². The molecule has 0 saturated heterocycles. The maximum Gasteiger partial charge on any atom is 0.339 e. The molecule has 0 aliphatic carbocycles. The zero-order valence-electron chi connectivity index (χ0n) is 56.0. The maximum absolute atomic E-state index is 13.0. The molecule has 4 aromatic rings. The van der Waals surface area contributed by atoms with E-state index in [0.29, 0.717) is 11.1 Å². The molecule has 0 saturated carbocycles. The number of aliphatic hydroxyl groups is 3. The standard InChI is InChI=1S/2C12H14Cl2FNO4S.C12H12Cl2FNO3S.C10H14FNO3S.2C6H15N.C3H4Cl2O2.2CH4/c2*1-21(19,20)8-4-2-7(3-5-8)10(17)9(6-15)16-12(18)11(13)14;1-20(17,18)8-4-2-7(3-5-8)10-9(6-15)16-12(19-10)11(13)14;1-16(14,15)8-4-2-7(3-5-8)10(13)9(12)6-11;2*1-4-7(5-2)6-3;1-7-3(6)2(4)5;;/h2*2-5,9-11,17H,6H2,1H3,(H,16,18);2-5,9-11H,6H2,1H3;2-5,9-10,13H,6,12H2,1H3;2*4-6H2,1-3H3;2H,1H3;2*1H4/t9-,10+;2*9-,10-;9-,10+;;;;;/m1111...../s1. The minimum atomic E-state index is -3.36. The zero-order valence-corrected chi connectivity index (χ0v) is 65.3. The monoisotopic (exact) mass is 1680 g/mol. The third-order valence-corrected chi connectivity index (χ3v) is 19.7. The molecule has 1 aliphatic rings. The van der Waals surface area contributed by atoms with E-state index in [1.165, 1.54) is 131 Å². The summed E-state index contributed by atoms with van der Waals surface area (Å²) in [7, 11) is -12.0. The van der Waals surface area contributed by atoms with Crippen molar-refractivity contribution in [3.05, 3.63) is 119 Å². The number of sulfone groups is 4. The Morgan fingerprint density at radius 3 is 0.970 bits per heavy atom. The number of rotatable bonds is 27. The number of nitrogens with two attached hydrogens (primary N) is 1. The quantitative estimate of drug-likeness (QED) is 0.0183. The van der Waals surface area contributed by atoms with Crippen molar-refractivity contribution in [1.82, 2.24) is 20.4 Å². The van der Waals surface area contributed by atoms with Gasteiger partial charge in [0.1, 0.15) is 44.9 Å². The Kier molecular flexibility index (Phi) is 53.8. The lowest BCUT2D eigenvalue weighted by atomic mass is 10.0. The van der Waals surface area contributed by atoms with Crippen molar-refractivity contribution >= 4 is 156 Å². The first-order valence-corrected chi connectivity index (χ1v) is 40.7. The minimum absolute atomic E-state index is 0. The first kappa shape index (κ1) is 104. The number of aliphatic hydroxyl groups excluding tert-OH is 3. The molecule has 7 N–H and O–H groups in total. The van der Waals surface area contributed by atoms with E-state index in [1.54, 1.807) is 12.1 Å². The van der Waals surface area contributed by atoms with Gasteiger partial charge in [0.25, 0.3) is 11.8 Å². The number of hydrogen-bond donors (Lipinski definition) is 6. The molecule has 0 unspecified atom stereocenters. The number of hydrogen-bond acceptors (Lipinski definition) is 20. The number of benzene rings is 4. The van der Waals surface area contributed by atoms with Crippen LogP contribution in [0.1, 0.15) is 103 Å². The summed E-state index contributed by atoms with van der Waals surface area (Å²) < 4.78 is 151. The van der Waals surface area contributed by atoms with Gasteiger partial charge in [-0.2, -0.15) is 0 Å². The molecule has 0 aromatic heterocycles. The second-order valence-corrected chi connectivity index (χ2v) is 33.2. The van der Waals surface area contributed by atoms with Gasteiger partial charge < -0.3 is 51.0 Å². The van der Waals surface area contributed by atoms with Gasteiger partial charge in [0, 0.05) is 25.0 Å². The summed E-state index contributed by atoms with van der Waals surface area (Å²) in [5.74, 6) is -2.20. The third-order valence-electron chi connectivity index (χ3n) is 13.6. The van der Waals surface area contributed by atoms with Crippen molar-refractivity contribution < 1.29 is 90.4 Å². The number of halogens is 12. The number of nitrogens with zero attached hydrogens (tertiary/aromatic N) is 3. The van der Waals surface area contributed by atoms with Crippen LogP contribution in [-0.4, -0.2) is 224 Å². The normalized spacial score (nSPS) is 15.2. The molecule has 5 rings (SSSR count). The average Bonchev–Trinajstić information content (AvgIpc) is 1.79. The van der Waals surface area contributed by atoms with E-state index in [2.05, 4.69) is 71.7 Å². The molecule has 0 radical (unpaired) electrons. The van der Waals surface area contributed by atoms with E-state index < -0.39 is 152 Å². The molecule has 1 aliphatic heterocycles. The summed E-state index contributed by atoms with van der Waals surface area (Å²) >= 11 is 42.7. The fourth-order valence-electron chi connectivity index (χ4n) is 7.75. The molecule has 0 fully saturated rings. The number of esters is 1. The van der Waals surface area contributed by atoms with E-state index in [9.17, 15) is 80.9 Å². The largest absolute Gasteiger partial charge is 0.468 e. The van der Waals surface area contributed by atoms with Crippen LogP contribution in [0.4, 0.5) is 17.6 Å². The number of nitrogens with one attached hydrogen (secondary N) is 2. The Bertz CT molecular complexity index is 3360. The Balaban J connectivity index is -0.000000565. The number of amides is 2. The Morgan fingerprint density at radius 2 is 0.782 bits per heavy atom. The minimum Gasteiger partial charge on any atom is -0.468 e. The lowest BCUT2D eigenvalue weighted by Gasteiger charge is -2.22. The Labute approximate surface area is 633 Å². The molecule has 4 aromatic carbocycles. The van der Waals surface area contributed by atoms with E-state index in [0.717, 1.165) is 25.0 Å². The van der Waals surface area contributed by atoms with Gasteiger partial charge >= 0.3 is 5.97 Å².